The van der Waals surface area contributed by atoms with Gasteiger partial charge in [-0.2, -0.15) is 0 Å². The first-order chi connectivity index (χ1) is 8.86. The normalized spacial score (nSPS) is 35.0. The van der Waals surface area contributed by atoms with Gasteiger partial charge in [-0.25, -0.2) is 0 Å². The van der Waals surface area contributed by atoms with Gasteiger partial charge in [0.1, 0.15) is 5.78 Å². The molecule has 0 amide bonds. The molecule has 4 heteroatoms. The molecule has 1 aromatic carbocycles. The third kappa shape index (κ3) is 3.16. The first-order valence-electron chi connectivity index (χ1n) is 6.71. The summed E-state index contributed by atoms with van der Waals surface area (Å²) in [6, 6.07) is 8.71. The van der Waals surface area contributed by atoms with Crippen LogP contribution in [0.1, 0.15) is 26.7 Å². The number of hydrogen-bond donors (Lipinski definition) is 1. The van der Waals surface area contributed by atoms with Gasteiger partial charge in [0, 0.05) is 6.42 Å². The number of ketones is 1. The number of benzene rings is 1. The van der Waals surface area contributed by atoms with Crippen LogP contribution in [0.25, 0.3) is 0 Å². The van der Waals surface area contributed by atoms with Gasteiger partial charge < -0.3 is 5.11 Å². The van der Waals surface area contributed by atoms with Gasteiger partial charge in [-0.05, 0) is 42.9 Å². The minimum atomic E-state index is -1.58. The Hall–Kier alpha value is -0.500. The van der Waals surface area contributed by atoms with Gasteiger partial charge in [0.15, 0.2) is 0 Å². The van der Waals surface area contributed by atoms with E-state index in [1.54, 1.807) is 6.92 Å². The molecule has 0 aliphatic carbocycles. The zero-order valence-electron chi connectivity index (χ0n) is 11.5. The molecule has 1 aliphatic rings. The SMILES string of the molecule is CC(=O)CC1(O)CCP(=S)(c2ccccc2)CC1C. The molecule has 1 fully saturated rings. The van der Waals surface area contributed by atoms with E-state index in [0.717, 1.165) is 12.3 Å². The maximum atomic E-state index is 11.3. The van der Waals surface area contributed by atoms with Crippen LogP contribution in [0, 0.1) is 5.92 Å². The van der Waals surface area contributed by atoms with Crippen molar-refractivity contribution in [2.45, 2.75) is 32.3 Å². The summed E-state index contributed by atoms with van der Waals surface area (Å²) in [5.41, 5.74) is -0.844. The topological polar surface area (TPSA) is 37.3 Å². The van der Waals surface area contributed by atoms with Crippen molar-refractivity contribution in [1.82, 2.24) is 0 Å². The molecule has 3 unspecified atom stereocenters. The quantitative estimate of drug-likeness (QED) is 0.871. The van der Waals surface area contributed by atoms with Gasteiger partial charge in [0.2, 0.25) is 0 Å². The molecule has 1 saturated heterocycles. The van der Waals surface area contributed by atoms with Crippen molar-refractivity contribution in [3.05, 3.63) is 30.3 Å². The number of carbonyl (C=O) groups excluding carboxylic acids is 1. The largest absolute Gasteiger partial charge is 0.389 e. The van der Waals surface area contributed by atoms with Gasteiger partial charge in [0.25, 0.3) is 0 Å². The standard InChI is InChI=1S/C15H21O2PS/c1-12-11-18(19,14-6-4-3-5-7-14)9-8-15(12,17)10-13(2)16/h3-7,12,17H,8-11H2,1-2H3. The van der Waals surface area contributed by atoms with E-state index in [9.17, 15) is 9.90 Å². The maximum Gasteiger partial charge on any atom is 0.132 e. The van der Waals surface area contributed by atoms with E-state index in [-0.39, 0.29) is 18.1 Å². The molecule has 1 aliphatic heterocycles. The fourth-order valence-corrected chi connectivity index (χ4v) is 7.60. The molecular weight excluding hydrogens is 275 g/mol. The van der Waals surface area contributed by atoms with Gasteiger partial charge in [0.05, 0.1) is 5.60 Å². The average Bonchev–Trinajstić information content (AvgIpc) is 2.35. The maximum absolute atomic E-state index is 11.3. The second-order valence-electron chi connectivity index (χ2n) is 5.76. The van der Waals surface area contributed by atoms with Crippen molar-refractivity contribution in [1.29, 1.82) is 0 Å². The minimum absolute atomic E-state index is 0.0595. The summed E-state index contributed by atoms with van der Waals surface area (Å²) in [7, 11) is 0. The molecule has 0 saturated carbocycles. The lowest BCUT2D eigenvalue weighted by Gasteiger charge is -2.43. The molecular formula is C15H21O2PS. The van der Waals surface area contributed by atoms with Crippen LogP contribution in [0.15, 0.2) is 30.3 Å². The summed E-state index contributed by atoms with van der Waals surface area (Å²) in [5.74, 6) is 0.153. The Morgan fingerprint density at radius 2 is 2.11 bits per heavy atom. The van der Waals surface area contributed by atoms with Gasteiger partial charge in [-0.1, -0.05) is 49.1 Å². The van der Waals surface area contributed by atoms with E-state index in [1.807, 2.05) is 25.1 Å². The Morgan fingerprint density at radius 1 is 1.47 bits per heavy atom. The molecule has 0 spiro atoms. The van der Waals surface area contributed by atoms with Crippen LogP contribution in [-0.2, 0) is 16.6 Å². The highest BCUT2D eigenvalue weighted by molar-refractivity contribution is 8.18. The van der Waals surface area contributed by atoms with Crippen LogP contribution in [0.3, 0.4) is 0 Å². The Morgan fingerprint density at radius 3 is 2.63 bits per heavy atom. The second kappa shape index (κ2) is 5.47. The van der Waals surface area contributed by atoms with Crippen LogP contribution in [0.5, 0.6) is 0 Å². The molecule has 0 bridgehead atoms. The van der Waals surface area contributed by atoms with Crippen LogP contribution >= 0.6 is 6.04 Å². The Balaban J connectivity index is 2.20. The van der Waals surface area contributed by atoms with Crippen molar-refractivity contribution in [3.63, 3.8) is 0 Å². The average molecular weight is 296 g/mol. The summed E-state index contributed by atoms with van der Waals surface area (Å²) in [5, 5.41) is 11.9. The van der Waals surface area contributed by atoms with Gasteiger partial charge >= 0.3 is 0 Å². The van der Waals surface area contributed by atoms with E-state index in [4.69, 9.17) is 11.8 Å². The second-order valence-corrected chi connectivity index (χ2v) is 11.0. The van der Waals surface area contributed by atoms with Crippen LogP contribution in [0.4, 0.5) is 0 Å². The highest BCUT2D eigenvalue weighted by atomic mass is 32.4. The van der Waals surface area contributed by atoms with E-state index in [2.05, 4.69) is 12.1 Å². The summed E-state index contributed by atoms with van der Waals surface area (Å²) >= 11 is 5.93. The van der Waals surface area contributed by atoms with E-state index in [0.29, 0.717) is 6.42 Å². The molecule has 2 nitrogen and oxygen atoms in total. The van der Waals surface area contributed by atoms with Crippen LogP contribution in [-0.4, -0.2) is 28.8 Å². The predicted molar refractivity (Wildman–Crippen MR) is 84.1 cm³/mol. The van der Waals surface area contributed by atoms with Crippen molar-refractivity contribution < 1.29 is 9.90 Å². The summed E-state index contributed by atoms with van der Waals surface area (Å²) < 4.78 is 0. The third-order valence-electron chi connectivity index (χ3n) is 4.17. The lowest BCUT2D eigenvalue weighted by atomic mass is 9.83. The number of rotatable bonds is 3. The summed E-state index contributed by atoms with van der Waals surface area (Å²) in [6.45, 7) is 3.58. The van der Waals surface area contributed by atoms with Crippen molar-refractivity contribution >= 4 is 28.9 Å². The lowest BCUT2D eigenvalue weighted by molar-refractivity contribution is -0.124. The van der Waals surface area contributed by atoms with E-state index in [1.165, 1.54) is 5.30 Å². The Kier molecular flexibility index (Phi) is 4.29. The molecule has 2 rings (SSSR count). The number of Topliss-reactive ketones (excluding diaryl/α,β-unsaturated/α-hetero) is 1. The van der Waals surface area contributed by atoms with Crippen molar-refractivity contribution in [2.24, 2.45) is 5.92 Å². The predicted octanol–water partition coefficient (Wildman–Crippen LogP) is 2.54. The van der Waals surface area contributed by atoms with E-state index < -0.39 is 11.6 Å². The molecule has 19 heavy (non-hydrogen) atoms. The van der Waals surface area contributed by atoms with Crippen LogP contribution < -0.4 is 5.30 Å². The lowest BCUT2D eigenvalue weighted by Crippen LogP contribution is -2.45. The molecule has 1 heterocycles. The minimum Gasteiger partial charge on any atom is -0.389 e. The molecule has 0 aromatic heterocycles. The Bertz CT molecular complexity index is 514. The molecule has 0 radical (unpaired) electrons. The monoisotopic (exact) mass is 296 g/mol. The van der Waals surface area contributed by atoms with Crippen molar-refractivity contribution in [2.75, 3.05) is 12.3 Å². The molecule has 1 N–H and O–H groups in total. The zero-order chi connectivity index (χ0) is 14.1. The van der Waals surface area contributed by atoms with Crippen molar-refractivity contribution in [3.8, 4) is 0 Å². The molecule has 104 valence electrons. The number of carbonyl (C=O) groups is 1. The first kappa shape index (κ1) is 14.9. The highest BCUT2D eigenvalue weighted by Crippen LogP contribution is 2.54. The van der Waals surface area contributed by atoms with Crippen LogP contribution in [0.2, 0.25) is 0 Å². The third-order valence-corrected chi connectivity index (χ3v) is 9.12. The number of aliphatic hydroxyl groups is 1. The smallest absolute Gasteiger partial charge is 0.132 e. The van der Waals surface area contributed by atoms with Gasteiger partial charge in [-0.3, -0.25) is 4.79 Å². The summed E-state index contributed by atoms with van der Waals surface area (Å²) in [4.78, 5) is 11.3. The highest BCUT2D eigenvalue weighted by Gasteiger charge is 2.43. The number of hydrogen-bond acceptors (Lipinski definition) is 3. The summed E-state index contributed by atoms with van der Waals surface area (Å²) in [6.07, 6.45) is 2.63. The molecule has 3 atom stereocenters. The Labute approximate surface area is 120 Å². The van der Waals surface area contributed by atoms with Gasteiger partial charge in [-0.15, -0.1) is 0 Å². The molecule has 1 aromatic rings. The zero-order valence-corrected chi connectivity index (χ0v) is 13.2. The fraction of sp³-hybridized carbons (Fsp3) is 0.533. The first-order valence-corrected chi connectivity index (χ1v) is 9.88. The van der Waals surface area contributed by atoms with E-state index >= 15 is 0 Å². The fourth-order valence-electron chi connectivity index (χ4n) is 2.95.